The highest BCUT2D eigenvalue weighted by Gasteiger charge is 2.36. The second-order valence-electron chi connectivity index (χ2n) is 5.73. The van der Waals surface area contributed by atoms with Gasteiger partial charge in [-0.05, 0) is 30.7 Å². The minimum absolute atomic E-state index is 0.0120. The van der Waals surface area contributed by atoms with E-state index in [0.717, 1.165) is 24.8 Å². The Bertz CT molecular complexity index is 553. The largest absolute Gasteiger partial charge is 0.345 e. The number of nitrogens with one attached hydrogen (secondary N) is 1. The molecule has 0 bridgehead atoms. The van der Waals surface area contributed by atoms with Gasteiger partial charge in [-0.15, -0.1) is 0 Å². The summed E-state index contributed by atoms with van der Waals surface area (Å²) in [5.41, 5.74) is 0.884. The second kappa shape index (κ2) is 6.12. The molecule has 4 heteroatoms. The van der Waals surface area contributed by atoms with Crippen molar-refractivity contribution in [2.75, 3.05) is 13.1 Å². The van der Waals surface area contributed by atoms with Gasteiger partial charge in [-0.25, -0.2) is 0 Å². The fraction of sp³-hybridized carbons (Fsp3) is 0.412. The first-order valence-electron chi connectivity index (χ1n) is 7.53. The fourth-order valence-electron chi connectivity index (χ4n) is 3.12. The van der Waals surface area contributed by atoms with E-state index in [1.165, 1.54) is 0 Å². The Morgan fingerprint density at radius 2 is 1.95 bits per heavy atom. The first-order chi connectivity index (χ1) is 10.3. The Morgan fingerprint density at radius 1 is 1.14 bits per heavy atom. The van der Waals surface area contributed by atoms with Gasteiger partial charge in [0.2, 0.25) is 11.8 Å². The van der Waals surface area contributed by atoms with E-state index in [2.05, 4.69) is 17.5 Å². The Labute approximate surface area is 124 Å². The molecule has 0 aromatic heterocycles. The van der Waals surface area contributed by atoms with E-state index >= 15 is 0 Å². The van der Waals surface area contributed by atoms with Crippen LogP contribution in [0.3, 0.4) is 0 Å². The number of amides is 2. The molecule has 0 saturated carbocycles. The maximum atomic E-state index is 12.3. The lowest BCUT2D eigenvalue weighted by Crippen LogP contribution is -2.54. The van der Waals surface area contributed by atoms with Crippen molar-refractivity contribution in [3.05, 3.63) is 48.0 Å². The smallest absolute Gasteiger partial charge is 0.247 e. The molecule has 1 aromatic rings. The number of piperazine rings is 1. The third-order valence-corrected chi connectivity index (χ3v) is 4.24. The van der Waals surface area contributed by atoms with E-state index < -0.39 is 6.04 Å². The van der Waals surface area contributed by atoms with Gasteiger partial charge in [0.15, 0.2) is 0 Å². The van der Waals surface area contributed by atoms with E-state index in [1.807, 2.05) is 30.3 Å². The van der Waals surface area contributed by atoms with Crippen molar-refractivity contribution in [3.63, 3.8) is 0 Å². The molecule has 1 fully saturated rings. The first-order valence-corrected chi connectivity index (χ1v) is 7.53. The summed E-state index contributed by atoms with van der Waals surface area (Å²) < 4.78 is 0. The zero-order valence-corrected chi connectivity index (χ0v) is 12.0. The molecule has 2 unspecified atom stereocenters. The summed E-state index contributed by atoms with van der Waals surface area (Å²) in [4.78, 5) is 26.3. The average Bonchev–Trinajstić information content (AvgIpc) is 2.53. The standard InChI is InChI=1S/C17H20N2O2/c20-15-11-18-17(21)16(14-9-5-2-6-10-14)19(15)12-13-7-3-1-4-8-13/h1-3,5-6,9-10,13,16H,4,7-8,11-12H2,(H,18,21). The Kier molecular flexibility index (Phi) is 4.04. The van der Waals surface area contributed by atoms with Crippen LogP contribution >= 0.6 is 0 Å². The molecule has 0 radical (unpaired) electrons. The highest BCUT2D eigenvalue weighted by Crippen LogP contribution is 2.28. The number of nitrogens with zero attached hydrogens (tertiary/aromatic N) is 1. The normalized spacial score (nSPS) is 25.8. The monoisotopic (exact) mass is 284 g/mol. The first kappa shape index (κ1) is 13.9. The molecule has 0 spiro atoms. The van der Waals surface area contributed by atoms with Crippen molar-refractivity contribution in [1.29, 1.82) is 0 Å². The van der Waals surface area contributed by atoms with Gasteiger partial charge >= 0.3 is 0 Å². The summed E-state index contributed by atoms with van der Waals surface area (Å²) in [6.07, 6.45) is 7.52. The van der Waals surface area contributed by atoms with Crippen LogP contribution in [0.5, 0.6) is 0 Å². The van der Waals surface area contributed by atoms with Crippen LogP contribution < -0.4 is 5.32 Å². The van der Waals surface area contributed by atoms with Crippen molar-refractivity contribution in [3.8, 4) is 0 Å². The van der Waals surface area contributed by atoms with Crippen LogP contribution in [0.25, 0.3) is 0 Å². The molecule has 110 valence electrons. The number of hydrogen-bond donors (Lipinski definition) is 1. The van der Waals surface area contributed by atoms with Gasteiger partial charge in [0.05, 0.1) is 6.54 Å². The number of allylic oxidation sites excluding steroid dienone is 2. The van der Waals surface area contributed by atoms with Crippen molar-refractivity contribution in [1.82, 2.24) is 10.2 Å². The molecule has 1 N–H and O–H groups in total. The Morgan fingerprint density at radius 3 is 2.67 bits per heavy atom. The molecular weight excluding hydrogens is 264 g/mol. The summed E-state index contributed by atoms with van der Waals surface area (Å²) in [6.45, 7) is 0.779. The third-order valence-electron chi connectivity index (χ3n) is 4.24. The predicted molar refractivity (Wildman–Crippen MR) is 80.4 cm³/mol. The minimum Gasteiger partial charge on any atom is -0.345 e. The summed E-state index contributed by atoms with van der Waals surface area (Å²) >= 11 is 0. The average molecular weight is 284 g/mol. The quantitative estimate of drug-likeness (QED) is 0.864. The lowest BCUT2D eigenvalue weighted by Gasteiger charge is -2.37. The van der Waals surface area contributed by atoms with Gasteiger partial charge in [-0.1, -0.05) is 42.5 Å². The number of carbonyl (C=O) groups is 2. The predicted octanol–water partition coefficient (Wildman–Crippen LogP) is 2.04. The van der Waals surface area contributed by atoms with Gasteiger partial charge in [-0.3, -0.25) is 9.59 Å². The summed E-state index contributed by atoms with van der Waals surface area (Å²) in [6, 6.07) is 9.07. The van der Waals surface area contributed by atoms with Crippen LogP contribution in [0.4, 0.5) is 0 Å². The number of hydrogen-bond acceptors (Lipinski definition) is 2. The maximum absolute atomic E-state index is 12.3. The van der Waals surface area contributed by atoms with Crippen LogP contribution in [-0.2, 0) is 9.59 Å². The lowest BCUT2D eigenvalue weighted by molar-refractivity contribution is -0.146. The Balaban J connectivity index is 1.83. The van der Waals surface area contributed by atoms with Crippen LogP contribution in [0.1, 0.15) is 30.9 Å². The van der Waals surface area contributed by atoms with Gasteiger partial charge in [0.25, 0.3) is 0 Å². The van der Waals surface area contributed by atoms with Crippen molar-refractivity contribution in [2.24, 2.45) is 5.92 Å². The van der Waals surface area contributed by atoms with Gasteiger partial charge < -0.3 is 10.2 Å². The van der Waals surface area contributed by atoms with Gasteiger partial charge in [0, 0.05) is 6.54 Å². The van der Waals surface area contributed by atoms with Crippen LogP contribution in [0.15, 0.2) is 42.5 Å². The molecule has 1 saturated heterocycles. The van der Waals surface area contributed by atoms with E-state index in [-0.39, 0.29) is 18.4 Å². The maximum Gasteiger partial charge on any atom is 0.247 e. The molecular formula is C17H20N2O2. The molecule has 2 atom stereocenters. The van der Waals surface area contributed by atoms with Crippen LogP contribution in [-0.4, -0.2) is 29.8 Å². The molecule has 3 rings (SSSR count). The van der Waals surface area contributed by atoms with E-state index in [9.17, 15) is 9.59 Å². The van der Waals surface area contributed by atoms with Gasteiger partial charge in [-0.2, -0.15) is 0 Å². The lowest BCUT2D eigenvalue weighted by atomic mass is 9.92. The highest BCUT2D eigenvalue weighted by atomic mass is 16.2. The molecule has 1 aliphatic heterocycles. The molecule has 1 aliphatic carbocycles. The van der Waals surface area contributed by atoms with Gasteiger partial charge in [0.1, 0.15) is 6.04 Å². The second-order valence-corrected chi connectivity index (χ2v) is 5.73. The van der Waals surface area contributed by atoms with Crippen molar-refractivity contribution in [2.45, 2.75) is 25.3 Å². The van der Waals surface area contributed by atoms with Crippen LogP contribution in [0, 0.1) is 5.92 Å². The van der Waals surface area contributed by atoms with E-state index in [4.69, 9.17) is 0 Å². The zero-order valence-electron chi connectivity index (χ0n) is 12.0. The number of benzene rings is 1. The van der Waals surface area contributed by atoms with Crippen LogP contribution in [0.2, 0.25) is 0 Å². The molecule has 1 aromatic carbocycles. The molecule has 2 aliphatic rings. The van der Waals surface area contributed by atoms with E-state index in [0.29, 0.717) is 12.5 Å². The SMILES string of the molecule is O=C1NCC(=O)N(CC2CC=CCC2)C1c1ccccc1. The summed E-state index contributed by atoms with van der Waals surface area (Å²) in [7, 11) is 0. The minimum atomic E-state index is -0.488. The molecule has 21 heavy (non-hydrogen) atoms. The number of rotatable bonds is 3. The molecule has 1 heterocycles. The summed E-state index contributed by atoms with van der Waals surface area (Å²) in [5.74, 6) is 0.390. The fourth-order valence-corrected chi connectivity index (χ4v) is 3.12. The Hall–Kier alpha value is -2.10. The van der Waals surface area contributed by atoms with Crippen molar-refractivity contribution >= 4 is 11.8 Å². The summed E-state index contributed by atoms with van der Waals surface area (Å²) in [5, 5.41) is 2.70. The zero-order chi connectivity index (χ0) is 14.7. The number of carbonyl (C=O) groups excluding carboxylic acids is 2. The third kappa shape index (κ3) is 2.99. The highest BCUT2D eigenvalue weighted by molar-refractivity contribution is 5.95. The van der Waals surface area contributed by atoms with E-state index in [1.54, 1.807) is 4.90 Å². The topological polar surface area (TPSA) is 49.4 Å². The molecule has 4 nitrogen and oxygen atoms in total. The van der Waals surface area contributed by atoms with Crippen molar-refractivity contribution < 1.29 is 9.59 Å². The molecule has 2 amide bonds.